The van der Waals surface area contributed by atoms with Crippen molar-refractivity contribution in [1.29, 1.82) is 0 Å². The van der Waals surface area contributed by atoms with Crippen molar-refractivity contribution in [2.45, 2.75) is 32.6 Å². The van der Waals surface area contributed by atoms with Crippen molar-refractivity contribution in [2.24, 2.45) is 23.5 Å². The predicted molar refractivity (Wildman–Crippen MR) is 64.3 cm³/mol. The Hall–Kier alpha value is -1.10. The lowest BCUT2D eigenvalue weighted by Gasteiger charge is -2.26. The van der Waals surface area contributed by atoms with Crippen LogP contribution in [0.5, 0.6) is 0 Å². The molecule has 1 aliphatic rings. The van der Waals surface area contributed by atoms with Crippen molar-refractivity contribution in [3.05, 3.63) is 0 Å². The Balaban J connectivity index is 2.22. The molecule has 1 fully saturated rings. The molecule has 5 heteroatoms. The molecule has 0 heterocycles. The zero-order chi connectivity index (χ0) is 12.8. The Kier molecular flexibility index (Phi) is 5.41. The van der Waals surface area contributed by atoms with Crippen molar-refractivity contribution in [3.8, 4) is 0 Å². The molecule has 0 radical (unpaired) electrons. The van der Waals surface area contributed by atoms with Gasteiger partial charge in [-0.15, -0.1) is 0 Å². The van der Waals surface area contributed by atoms with Crippen LogP contribution in [-0.2, 0) is 9.59 Å². The molecule has 5 nitrogen and oxygen atoms in total. The van der Waals surface area contributed by atoms with Gasteiger partial charge in [-0.2, -0.15) is 0 Å². The average molecular weight is 242 g/mol. The molecule has 17 heavy (non-hydrogen) atoms. The molecule has 1 aliphatic carbocycles. The lowest BCUT2D eigenvalue weighted by molar-refractivity contribution is -0.143. The van der Waals surface area contributed by atoms with E-state index in [2.05, 4.69) is 5.32 Å². The maximum Gasteiger partial charge on any atom is 0.306 e. The van der Waals surface area contributed by atoms with Crippen LogP contribution in [0.25, 0.3) is 0 Å². The van der Waals surface area contributed by atoms with Gasteiger partial charge in [0.1, 0.15) is 0 Å². The third-order valence-corrected chi connectivity index (χ3v) is 3.56. The van der Waals surface area contributed by atoms with Crippen molar-refractivity contribution < 1.29 is 14.7 Å². The maximum atomic E-state index is 11.5. The topological polar surface area (TPSA) is 92.4 Å². The SMILES string of the molecule is CC(CN)C(=O)NCC1CCC(C(=O)O)CC1. The number of amides is 1. The number of nitrogens with two attached hydrogens (primary N) is 1. The smallest absolute Gasteiger partial charge is 0.306 e. The first-order chi connectivity index (χ1) is 8.04. The molecule has 1 rings (SSSR count). The van der Waals surface area contributed by atoms with E-state index >= 15 is 0 Å². The van der Waals surface area contributed by atoms with E-state index in [1.165, 1.54) is 0 Å². The Morgan fingerprint density at radius 3 is 2.41 bits per heavy atom. The summed E-state index contributed by atoms with van der Waals surface area (Å²) in [7, 11) is 0. The van der Waals surface area contributed by atoms with E-state index in [0.717, 1.165) is 25.7 Å². The molecular formula is C12H22N2O3. The molecule has 0 aromatic heterocycles. The number of aliphatic carboxylic acids is 1. The number of carbonyl (C=O) groups excluding carboxylic acids is 1. The van der Waals surface area contributed by atoms with Crippen LogP contribution >= 0.6 is 0 Å². The van der Waals surface area contributed by atoms with Gasteiger partial charge in [0.2, 0.25) is 5.91 Å². The van der Waals surface area contributed by atoms with E-state index in [4.69, 9.17) is 10.8 Å². The Morgan fingerprint density at radius 2 is 1.94 bits per heavy atom. The van der Waals surface area contributed by atoms with E-state index in [9.17, 15) is 9.59 Å². The first-order valence-corrected chi connectivity index (χ1v) is 6.25. The molecule has 4 N–H and O–H groups in total. The van der Waals surface area contributed by atoms with Crippen molar-refractivity contribution in [3.63, 3.8) is 0 Å². The van der Waals surface area contributed by atoms with Gasteiger partial charge in [-0.3, -0.25) is 9.59 Å². The number of carboxylic acid groups (broad SMARTS) is 1. The number of hydrogen-bond donors (Lipinski definition) is 3. The lowest BCUT2D eigenvalue weighted by Crippen LogP contribution is -2.37. The summed E-state index contributed by atoms with van der Waals surface area (Å²) in [5.41, 5.74) is 5.41. The molecule has 0 aromatic carbocycles. The summed E-state index contributed by atoms with van der Waals surface area (Å²) in [4.78, 5) is 22.3. The fourth-order valence-electron chi connectivity index (χ4n) is 2.14. The van der Waals surface area contributed by atoms with Gasteiger partial charge >= 0.3 is 5.97 Å². The molecule has 0 saturated heterocycles. The molecule has 1 amide bonds. The zero-order valence-corrected chi connectivity index (χ0v) is 10.3. The van der Waals surface area contributed by atoms with Gasteiger partial charge < -0.3 is 16.2 Å². The van der Waals surface area contributed by atoms with Crippen LogP contribution in [0.1, 0.15) is 32.6 Å². The molecule has 1 unspecified atom stereocenters. The maximum absolute atomic E-state index is 11.5. The Morgan fingerprint density at radius 1 is 1.35 bits per heavy atom. The second kappa shape index (κ2) is 6.59. The van der Waals surface area contributed by atoms with Gasteiger partial charge in [-0.25, -0.2) is 0 Å². The highest BCUT2D eigenvalue weighted by Gasteiger charge is 2.26. The third-order valence-electron chi connectivity index (χ3n) is 3.56. The lowest BCUT2D eigenvalue weighted by atomic mass is 9.82. The van der Waals surface area contributed by atoms with Crippen molar-refractivity contribution in [1.82, 2.24) is 5.32 Å². The summed E-state index contributed by atoms with van der Waals surface area (Å²) in [5.74, 6) is -0.619. The van der Waals surface area contributed by atoms with Crippen LogP contribution in [0.4, 0.5) is 0 Å². The van der Waals surface area contributed by atoms with Gasteiger partial charge in [0.05, 0.1) is 5.92 Å². The minimum Gasteiger partial charge on any atom is -0.481 e. The third kappa shape index (κ3) is 4.34. The van der Waals surface area contributed by atoms with Gasteiger partial charge in [0.15, 0.2) is 0 Å². The molecule has 0 aliphatic heterocycles. The summed E-state index contributed by atoms with van der Waals surface area (Å²) in [6.07, 6.45) is 3.22. The summed E-state index contributed by atoms with van der Waals surface area (Å²) >= 11 is 0. The zero-order valence-electron chi connectivity index (χ0n) is 10.3. The number of nitrogens with one attached hydrogen (secondary N) is 1. The van der Waals surface area contributed by atoms with Crippen LogP contribution in [0.15, 0.2) is 0 Å². The summed E-state index contributed by atoms with van der Waals surface area (Å²) < 4.78 is 0. The standard InChI is InChI=1S/C12H22N2O3/c1-8(6-13)11(15)14-7-9-2-4-10(5-3-9)12(16)17/h8-10H,2-7,13H2,1H3,(H,14,15)(H,16,17). The number of carboxylic acids is 1. The highest BCUT2D eigenvalue weighted by molar-refractivity contribution is 5.78. The van der Waals surface area contributed by atoms with Gasteiger partial charge in [0, 0.05) is 19.0 Å². The van der Waals surface area contributed by atoms with Crippen molar-refractivity contribution >= 4 is 11.9 Å². The molecule has 98 valence electrons. The minimum atomic E-state index is -0.691. The molecule has 1 atom stereocenters. The van der Waals surface area contributed by atoms with Gasteiger partial charge in [-0.1, -0.05) is 6.92 Å². The van der Waals surface area contributed by atoms with Crippen LogP contribution in [-0.4, -0.2) is 30.1 Å². The Bertz CT molecular complexity index is 273. The van der Waals surface area contributed by atoms with E-state index in [0.29, 0.717) is 19.0 Å². The molecule has 0 bridgehead atoms. The molecular weight excluding hydrogens is 220 g/mol. The van der Waals surface area contributed by atoms with Crippen LogP contribution in [0.3, 0.4) is 0 Å². The van der Waals surface area contributed by atoms with Crippen LogP contribution < -0.4 is 11.1 Å². The first-order valence-electron chi connectivity index (χ1n) is 6.25. The highest BCUT2D eigenvalue weighted by atomic mass is 16.4. The predicted octanol–water partition coefficient (Wildman–Crippen LogP) is 0.588. The van der Waals surface area contributed by atoms with E-state index in [1.54, 1.807) is 6.92 Å². The van der Waals surface area contributed by atoms with Gasteiger partial charge in [0.25, 0.3) is 0 Å². The van der Waals surface area contributed by atoms with E-state index < -0.39 is 5.97 Å². The normalized spacial score (nSPS) is 26.2. The Labute approximate surface area is 102 Å². The van der Waals surface area contributed by atoms with Crippen LogP contribution in [0.2, 0.25) is 0 Å². The second-order valence-corrected chi connectivity index (χ2v) is 4.94. The molecule has 0 spiro atoms. The minimum absolute atomic E-state index is 0.00661. The largest absolute Gasteiger partial charge is 0.481 e. The number of rotatable bonds is 5. The first kappa shape index (κ1) is 14.0. The number of carbonyl (C=O) groups is 2. The van der Waals surface area contributed by atoms with E-state index in [-0.39, 0.29) is 17.7 Å². The highest BCUT2D eigenvalue weighted by Crippen LogP contribution is 2.28. The average Bonchev–Trinajstić information content (AvgIpc) is 2.35. The van der Waals surface area contributed by atoms with Crippen molar-refractivity contribution in [2.75, 3.05) is 13.1 Å². The summed E-state index contributed by atoms with van der Waals surface area (Å²) in [6, 6.07) is 0. The fourth-order valence-corrected chi connectivity index (χ4v) is 2.14. The molecule has 0 aromatic rings. The summed E-state index contributed by atoms with van der Waals surface area (Å²) in [6.45, 7) is 2.81. The summed E-state index contributed by atoms with van der Waals surface area (Å²) in [5, 5.41) is 11.7. The number of hydrogen-bond acceptors (Lipinski definition) is 3. The van der Waals surface area contributed by atoms with Crippen LogP contribution in [0, 0.1) is 17.8 Å². The molecule has 1 saturated carbocycles. The quantitative estimate of drug-likeness (QED) is 0.658. The van der Waals surface area contributed by atoms with E-state index in [1.807, 2.05) is 0 Å². The van der Waals surface area contributed by atoms with Gasteiger partial charge in [-0.05, 0) is 31.6 Å². The second-order valence-electron chi connectivity index (χ2n) is 4.94. The monoisotopic (exact) mass is 242 g/mol. The fraction of sp³-hybridized carbons (Fsp3) is 0.833.